The fraction of sp³-hybridized carbons (Fsp3) is 0.120. The quantitative estimate of drug-likeness (QED) is 0.264. The number of nitrogens with zero attached hydrogens (tertiary/aromatic N) is 2. The van der Waals surface area contributed by atoms with Gasteiger partial charge in [-0.25, -0.2) is 9.97 Å². The molecule has 1 aromatic heterocycles. The highest BCUT2D eigenvalue weighted by Gasteiger charge is 2.39. The molecule has 1 atom stereocenters. The van der Waals surface area contributed by atoms with Crippen LogP contribution in [-0.2, 0) is 11.8 Å². The van der Waals surface area contributed by atoms with Crippen LogP contribution in [0.5, 0.6) is 0 Å². The maximum Gasteiger partial charge on any atom is 0.488 e. The molecule has 4 aromatic rings. The van der Waals surface area contributed by atoms with E-state index in [-0.39, 0.29) is 10.7 Å². The molecule has 0 aliphatic heterocycles. The molecule has 1 aliphatic carbocycles. The van der Waals surface area contributed by atoms with E-state index in [0.29, 0.717) is 16.3 Å². The number of hydrogen-bond donors (Lipinski definition) is 2. The smallest absolute Gasteiger partial charge is 0.423 e. The minimum Gasteiger partial charge on any atom is -0.423 e. The van der Waals surface area contributed by atoms with Gasteiger partial charge >= 0.3 is 7.12 Å². The van der Waals surface area contributed by atoms with E-state index < -0.39 is 7.12 Å². The Balaban J connectivity index is 1.61. The summed E-state index contributed by atoms with van der Waals surface area (Å²) >= 11 is 12.1. The zero-order valence-corrected chi connectivity index (χ0v) is 18.8. The van der Waals surface area contributed by atoms with Crippen molar-refractivity contribution in [2.45, 2.75) is 18.8 Å². The third-order valence-electron chi connectivity index (χ3n) is 6.20. The molecule has 0 bridgehead atoms. The second-order valence-corrected chi connectivity index (χ2v) is 9.00. The summed E-state index contributed by atoms with van der Waals surface area (Å²) in [5.74, 6) is 0. The summed E-state index contributed by atoms with van der Waals surface area (Å²) in [5, 5.41) is 19.9. The van der Waals surface area contributed by atoms with Gasteiger partial charge in [0.15, 0.2) is 0 Å². The van der Waals surface area contributed by atoms with E-state index in [1.807, 2.05) is 36.4 Å². The highest BCUT2D eigenvalue weighted by atomic mass is 35.5. The Morgan fingerprint density at radius 3 is 2.41 bits per heavy atom. The average molecular weight is 461 g/mol. The Hall–Kier alpha value is -2.70. The van der Waals surface area contributed by atoms with Gasteiger partial charge in [0.1, 0.15) is 5.15 Å². The second-order valence-electron chi connectivity index (χ2n) is 8.28. The van der Waals surface area contributed by atoms with Crippen molar-refractivity contribution in [2.75, 3.05) is 0 Å². The first-order chi connectivity index (χ1) is 15.3. The number of halogens is 2. The fourth-order valence-corrected chi connectivity index (χ4v) is 5.14. The van der Waals surface area contributed by atoms with E-state index in [2.05, 4.69) is 41.2 Å². The zero-order chi connectivity index (χ0) is 22.5. The van der Waals surface area contributed by atoms with E-state index in [1.54, 1.807) is 12.1 Å². The first kappa shape index (κ1) is 21.2. The van der Waals surface area contributed by atoms with E-state index >= 15 is 0 Å². The van der Waals surface area contributed by atoms with E-state index in [4.69, 9.17) is 23.2 Å². The molecule has 0 spiro atoms. The molecule has 1 aliphatic rings. The number of aromatic nitrogens is 2. The van der Waals surface area contributed by atoms with Crippen LogP contribution >= 0.6 is 23.2 Å². The number of fused-ring (bicyclic) bond motifs is 3. The Morgan fingerprint density at radius 2 is 1.62 bits per heavy atom. The van der Waals surface area contributed by atoms with Crippen molar-refractivity contribution in [3.63, 3.8) is 0 Å². The maximum absolute atomic E-state index is 9.76. The summed E-state index contributed by atoms with van der Waals surface area (Å²) in [6, 6.07) is 23.9. The minimum absolute atomic E-state index is 0.110. The van der Waals surface area contributed by atoms with Gasteiger partial charge in [0.2, 0.25) is 5.28 Å². The summed E-state index contributed by atoms with van der Waals surface area (Å²) in [6.07, 6.45) is 0.725. The van der Waals surface area contributed by atoms with Crippen LogP contribution in [0.4, 0.5) is 0 Å². The summed E-state index contributed by atoms with van der Waals surface area (Å²) < 4.78 is 0. The van der Waals surface area contributed by atoms with Gasteiger partial charge in [0, 0.05) is 17.0 Å². The van der Waals surface area contributed by atoms with Crippen molar-refractivity contribution in [1.29, 1.82) is 0 Å². The summed E-state index contributed by atoms with van der Waals surface area (Å²) in [7, 11) is -1.51. The molecule has 4 nitrogen and oxygen atoms in total. The fourth-order valence-electron chi connectivity index (χ4n) is 4.74. The van der Waals surface area contributed by atoms with Crippen molar-refractivity contribution in [1.82, 2.24) is 9.97 Å². The largest absolute Gasteiger partial charge is 0.488 e. The lowest BCUT2D eigenvalue weighted by Crippen LogP contribution is -2.32. The van der Waals surface area contributed by atoms with Crippen LogP contribution in [0.15, 0.2) is 72.8 Å². The highest BCUT2D eigenvalue weighted by molar-refractivity contribution is 6.58. The predicted molar refractivity (Wildman–Crippen MR) is 129 cm³/mol. The zero-order valence-electron chi connectivity index (χ0n) is 17.3. The van der Waals surface area contributed by atoms with Crippen LogP contribution in [0, 0.1) is 0 Å². The number of rotatable bonds is 4. The molecule has 32 heavy (non-hydrogen) atoms. The van der Waals surface area contributed by atoms with Crippen LogP contribution < -0.4 is 5.46 Å². The van der Waals surface area contributed by atoms with Gasteiger partial charge in [-0.15, -0.1) is 0 Å². The van der Waals surface area contributed by atoms with Gasteiger partial charge in [-0.2, -0.15) is 0 Å². The molecule has 2 N–H and O–H groups in total. The van der Waals surface area contributed by atoms with Crippen molar-refractivity contribution in [3.8, 4) is 22.4 Å². The second kappa shape index (κ2) is 8.02. The standard InChI is InChI=1S/C25H19BCl2N2O2/c1-25(14-15-5-4-6-16(11-15)22-13-23(27)30-24(28)29-22)20-8-3-2-7-18(20)19-10-9-17(26(31)32)12-21(19)25/h2-13,31-32H,14H2,1H3. The molecule has 5 rings (SSSR count). The molecule has 3 aromatic carbocycles. The van der Waals surface area contributed by atoms with E-state index in [9.17, 15) is 10.0 Å². The highest BCUT2D eigenvalue weighted by Crippen LogP contribution is 2.50. The lowest BCUT2D eigenvalue weighted by molar-refractivity contribution is 0.425. The monoisotopic (exact) mass is 460 g/mol. The molecule has 0 fully saturated rings. The summed E-state index contributed by atoms with van der Waals surface area (Å²) in [6.45, 7) is 2.20. The molecule has 1 unspecified atom stereocenters. The minimum atomic E-state index is -1.51. The van der Waals surface area contributed by atoms with Gasteiger partial charge in [-0.3, -0.25) is 0 Å². The van der Waals surface area contributed by atoms with E-state index in [0.717, 1.165) is 28.7 Å². The molecule has 0 saturated carbocycles. The molecule has 158 valence electrons. The molecular formula is C25H19BCl2N2O2. The van der Waals surface area contributed by atoms with Gasteiger partial charge in [-0.05, 0) is 57.4 Å². The van der Waals surface area contributed by atoms with Crippen molar-refractivity contribution >= 4 is 35.8 Å². The van der Waals surface area contributed by atoms with Crippen molar-refractivity contribution in [2.24, 2.45) is 0 Å². The Bertz CT molecular complexity index is 1330. The van der Waals surface area contributed by atoms with Crippen LogP contribution in [0.25, 0.3) is 22.4 Å². The summed E-state index contributed by atoms with van der Waals surface area (Å²) in [4.78, 5) is 8.24. The molecule has 0 saturated heterocycles. The van der Waals surface area contributed by atoms with Crippen LogP contribution in [0.1, 0.15) is 23.6 Å². The van der Waals surface area contributed by atoms with Gasteiger partial charge < -0.3 is 10.0 Å². The maximum atomic E-state index is 9.76. The van der Waals surface area contributed by atoms with Crippen molar-refractivity contribution < 1.29 is 10.0 Å². The topological polar surface area (TPSA) is 66.2 Å². The SMILES string of the molecule is CC1(Cc2cccc(-c3cc(Cl)nc(Cl)n3)c2)c2ccccc2-c2ccc(B(O)O)cc21. The molecule has 1 heterocycles. The molecule has 0 amide bonds. The Kier molecular flexibility index (Phi) is 5.30. The van der Waals surface area contributed by atoms with Gasteiger partial charge in [0.05, 0.1) is 5.69 Å². The molecule has 0 radical (unpaired) electrons. The van der Waals surface area contributed by atoms with Crippen molar-refractivity contribution in [3.05, 3.63) is 99.9 Å². The Labute approximate surface area is 196 Å². The number of benzene rings is 3. The predicted octanol–water partition coefficient (Wildman–Crippen LogP) is 4.66. The number of hydrogen-bond acceptors (Lipinski definition) is 4. The van der Waals surface area contributed by atoms with Crippen LogP contribution in [0.3, 0.4) is 0 Å². The lowest BCUT2D eigenvalue weighted by atomic mass is 9.72. The molecular weight excluding hydrogens is 442 g/mol. The van der Waals surface area contributed by atoms with Crippen LogP contribution in [-0.4, -0.2) is 27.1 Å². The van der Waals surface area contributed by atoms with Gasteiger partial charge in [0.25, 0.3) is 0 Å². The molecule has 7 heteroatoms. The summed E-state index contributed by atoms with van der Waals surface area (Å²) in [5.41, 5.74) is 7.45. The first-order valence-corrected chi connectivity index (χ1v) is 11.0. The third kappa shape index (κ3) is 3.61. The first-order valence-electron chi connectivity index (χ1n) is 10.2. The normalized spacial score (nSPS) is 16.5. The van der Waals surface area contributed by atoms with E-state index in [1.165, 1.54) is 11.1 Å². The lowest BCUT2D eigenvalue weighted by Gasteiger charge is -2.28. The van der Waals surface area contributed by atoms with Gasteiger partial charge in [-0.1, -0.05) is 79.2 Å². The average Bonchev–Trinajstić information content (AvgIpc) is 3.01. The third-order valence-corrected chi connectivity index (χ3v) is 6.56. The Morgan fingerprint density at radius 1 is 0.844 bits per heavy atom. The van der Waals surface area contributed by atoms with Crippen LogP contribution in [0.2, 0.25) is 10.4 Å².